The molecule has 8 nitrogen and oxygen atoms in total. The van der Waals surface area contributed by atoms with Crippen LogP contribution in [0.2, 0.25) is 0 Å². The van der Waals surface area contributed by atoms with Crippen LogP contribution in [0.25, 0.3) is 11.3 Å². The van der Waals surface area contributed by atoms with E-state index in [0.717, 1.165) is 29.8 Å². The average molecular weight is 326 g/mol. The van der Waals surface area contributed by atoms with Crippen molar-refractivity contribution in [2.24, 2.45) is 0 Å². The van der Waals surface area contributed by atoms with E-state index in [4.69, 9.17) is 4.74 Å². The summed E-state index contributed by atoms with van der Waals surface area (Å²) in [4.78, 5) is 13.7. The first-order valence-corrected chi connectivity index (χ1v) is 7.97. The van der Waals surface area contributed by atoms with Gasteiger partial charge >= 0.3 is 5.69 Å². The third-order valence-electron chi connectivity index (χ3n) is 4.36. The zero-order valence-corrected chi connectivity index (χ0v) is 13.4. The number of rotatable bonds is 5. The first-order chi connectivity index (χ1) is 11.7. The summed E-state index contributed by atoms with van der Waals surface area (Å²) in [7, 11) is 1.68. The largest absolute Gasteiger partial charge is 0.496 e. The minimum absolute atomic E-state index is 0.299. The smallest absolute Gasteiger partial charge is 0.340 e. The Bertz CT molecular complexity index is 923. The van der Waals surface area contributed by atoms with Crippen molar-refractivity contribution in [3.8, 4) is 17.0 Å². The molecule has 0 saturated heterocycles. The molecule has 8 heteroatoms. The highest BCUT2D eigenvalue weighted by Crippen LogP contribution is 2.35. The number of nitrogens with zero attached hydrogens (tertiary/aromatic N) is 4. The Balaban J connectivity index is 1.57. The van der Waals surface area contributed by atoms with E-state index in [1.807, 2.05) is 6.20 Å². The Morgan fingerprint density at radius 2 is 2.12 bits per heavy atom. The summed E-state index contributed by atoms with van der Waals surface area (Å²) in [6, 6.07) is 4.28. The summed E-state index contributed by atoms with van der Waals surface area (Å²) in [5, 5.41) is 14.7. The molecule has 0 spiro atoms. The molecule has 1 aliphatic carbocycles. The molecular weight excluding hydrogens is 308 g/mol. The zero-order valence-electron chi connectivity index (χ0n) is 13.4. The molecule has 0 fully saturated rings. The maximum absolute atomic E-state index is 11.0. The average Bonchev–Trinajstić information content (AvgIpc) is 3.31. The van der Waals surface area contributed by atoms with Gasteiger partial charge < -0.3 is 4.74 Å². The summed E-state index contributed by atoms with van der Waals surface area (Å²) in [5.74, 6) is 1.44. The van der Waals surface area contributed by atoms with Crippen LogP contribution < -0.4 is 10.4 Å². The summed E-state index contributed by atoms with van der Waals surface area (Å²) < 4.78 is 7.28. The first-order valence-electron chi connectivity index (χ1n) is 7.97. The summed E-state index contributed by atoms with van der Waals surface area (Å²) in [6.07, 6.45) is 5.87. The van der Waals surface area contributed by atoms with Gasteiger partial charge in [-0.3, -0.25) is 9.67 Å². The number of aromatic amines is 2. The molecule has 1 aliphatic rings. The molecule has 2 heterocycles. The standard InChI is InChI=1S/C16H18N6O2/c1-24-14-8-11-4-2-3-10(11)7-12(14)13-9-22(21-18-13)6-5-15-17-16(23)20-19-15/h7-9H,2-6H2,1H3,(H2,17,19,20,23). The number of H-pyrrole nitrogens is 2. The summed E-state index contributed by atoms with van der Waals surface area (Å²) >= 11 is 0. The fourth-order valence-corrected chi connectivity index (χ4v) is 3.15. The van der Waals surface area contributed by atoms with Crippen LogP contribution in [0.3, 0.4) is 0 Å². The fraction of sp³-hybridized carbons (Fsp3) is 0.375. The maximum atomic E-state index is 11.0. The monoisotopic (exact) mass is 326 g/mol. The van der Waals surface area contributed by atoms with Crippen molar-refractivity contribution in [2.75, 3.05) is 7.11 Å². The van der Waals surface area contributed by atoms with E-state index in [-0.39, 0.29) is 5.69 Å². The van der Waals surface area contributed by atoms with Crippen LogP contribution in [0.15, 0.2) is 23.1 Å². The van der Waals surface area contributed by atoms with Gasteiger partial charge in [0.1, 0.15) is 17.3 Å². The third-order valence-corrected chi connectivity index (χ3v) is 4.36. The number of aromatic nitrogens is 6. The normalized spacial score (nSPS) is 13.2. The molecule has 2 N–H and O–H groups in total. The number of hydrogen-bond donors (Lipinski definition) is 2. The van der Waals surface area contributed by atoms with Crippen LogP contribution in [-0.4, -0.2) is 37.3 Å². The zero-order chi connectivity index (χ0) is 16.5. The van der Waals surface area contributed by atoms with E-state index in [0.29, 0.717) is 18.8 Å². The van der Waals surface area contributed by atoms with Crippen LogP contribution >= 0.6 is 0 Å². The van der Waals surface area contributed by atoms with Gasteiger partial charge in [0.15, 0.2) is 0 Å². The lowest BCUT2D eigenvalue weighted by Crippen LogP contribution is -2.05. The molecule has 0 bridgehead atoms. The number of methoxy groups -OCH3 is 1. The Morgan fingerprint density at radius 1 is 1.29 bits per heavy atom. The van der Waals surface area contributed by atoms with Gasteiger partial charge in [-0.2, -0.15) is 5.10 Å². The van der Waals surface area contributed by atoms with Crippen LogP contribution in [0, 0.1) is 0 Å². The molecule has 2 aromatic heterocycles. The van der Waals surface area contributed by atoms with Gasteiger partial charge in [-0.1, -0.05) is 5.21 Å². The van der Waals surface area contributed by atoms with Crippen LogP contribution in [0.5, 0.6) is 5.75 Å². The van der Waals surface area contributed by atoms with E-state index in [2.05, 4.69) is 37.6 Å². The predicted molar refractivity (Wildman–Crippen MR) is 86.9 cm³/mol. The van der Waals surface area contributed by atoms with Crippen molar-refractivity contribution in [1.29, 1.82) is 0 Å². The molecule has 0 radical (unpaired) electrons. The van der Waals surface area contributed by atoms with E-state index < -0.39 is 0 Å². The fourth-order valence-electron chi connectivity index (χ4n) is 3.15. The number of ether oxygens (including phenoxy) is 1. The van der Waals surface area contributed by atoms with Crippen LogP contribution in [-0.2, 0) is 25.8 Å². The molecule has 0 amide bonds. The number of benzene rings is 1. The minimum Gasteiger partial charge on any atom is -0.496 e. The lowest BCUT2D eigenvalue weighted by molar-refractivity contribution is 0.416. The molecule has 4 rings (SSSR count). The van der Waals surface area contributed by atoms with Gasteiger partial charge in [0.2, 0.25) is 0 Å². The Labute approximate surface area is 137 Å². The van der Waals surface area contributed by atoms with Crippen molar-refractivity contribution < 1.29 is 4.74 Å². The van der Waals surface area contributed by atoms with Crippen molar-refractivity contribution in [3.05, 3.63) is 45.8 Å². The Kier molecular flexibility index (Phi) is 3.64. The summed E-state index contributed by atoms with van der Waals surface area (Å²) in [6.45, 7) is 0.584. The topological polar surface area (TPSA) is 101 Å². The third kappa shape index (κ3) is 2.70. The molecule has 0 unspecified atom stereocenters. The highest BCUT2D eigenvalue weighted by atomic mass is 16.5. The second-order valence-electron chi connectivity index (χ2n) is 5.92. The lowest BCUT2D eigenvalue weighted by atomic mass is 10.0. The maximum Gasteiger partial charge on any atom is 0.340 e. The molecule has 0 atom stereocenters. The van der Waals surface area contributed by atoms with Crippen molar-refractivity contribution in [1.82, 2.24) is 30.2 Å². The number of hydrogen-bond acceptors (Lipinski definition) is 5. The van der Waals surface area contributed by atoms with Gasteiger partial charge in [0.05, 0.1) is 13.3 Å². The Morgan fingerprint density at radius 3 is 2.88 bits per heavy atom. The van der Waals surface area contributed by atoms with E-state index in [1.165, 1.54) is 17.5 Å². The highest BCUT2D eigenvalue weighted by molar-refractivity contribution is 5.69. The SMILES string of the molecule is COc1cc2c(cc1-c1cn(CCc3n[nH]c(=O)[nH]3)nn1)CCC2. The van der Waals surface area contributed by atoms with E-state index >= 15 is 0 Å². The van der Waals surface area contributed by atoms with Gasteiger partial charge in [0.25, 0.3) is 0 Å². The molecule has 1 aromatic carbocycles. The molecular formula is C16H18N6O2. The van der Waals surface area contributed by atoms with Gasteiger partial charge in [0, 0.05) is 18.5 Å². The van der Waals surface area contributed by atoms with Crippen molar-refractivity contribution >= 4 is 0 Å². The Hall–Kier alpha value is -2.90. The van der Waals surface area contributed by atoms with Crippen molar-refractivity contribution in [3.63, 3.8) is 0 Å². The number of nitrogens with one attached hydrogen (secondary N) is 2. The number of aryl methyl sites for hydroxylation is 4. The van der Waals surface area contributed by atoms with Crippen LogP contribution in [0.4, 0.5) is 0 Å². The second kappa shape index (κ2) is 5.95. The quantitative estimate of drug-likeness (QED) is 0.731. The van der Waals surface area contributed by atoms with Gasteiger partial charge in [-0.05, 0) is 42.5 Å². The first kappa shape index (κ1) is 14.7. The van der Waals surface area contributed by atoms with Gasteiger partial charge in [-0.25, -0.2) is 9.89 Å². The van der Waals surface area contributed by atoms with Crippen molar-refractivity contribution in [2.45, 2.75) is 32.2 Å². The predicted octanol–water partition coefficient (Wildman–Crippen LogP) is 1.10. The molecule has 124 valence electrons. The van der Waals surface area contributed by atoms with E-state index in [9.17, 15) is 4.79 Å². The second-order valence-corrected chi connectivity index (χ2v) is 5.92. The molecule has 0 saturated carbocycles. The molecule has 24 heavy (non-hydrogen) atoms. The summed E-state index contributed by atoms with van der Waals surface area (Å²) in [5.41, 5.74) is 4.20. The molecule has 0 aliphatic heterocycles. The lowest BCUT2D eigenvalue weighted by Gasteiger charge is -2.09. The molecule has 3 aromatic rings. The highest BCUT2D eigenvalue weighted by Gasteiger charge is 2.18. The minimum atomic E-state index is -0.299. The van der Waals surface area contributed by atoms with Crippen LogP contribution in [0.1, 0.15) is 23.4 Å². The number of fused-ring (bicyclic) bond motifs is 1. The van der Waals surface area contributed by atoms with Gasteiger partial charge in [-0.15, -0.1) is 5.10 Å². The van der Waals surface area contributed by atoms with E-state index in [1.54, 1.807) is 11.8 Å².